The third kappa shape index (κ3) is 3.55. The second-order valence-corrected chi connectivity index (χ2v) is 7.30. The molecule has 2 N–H and O–H groups in total. The summed E-state index contributed by atoms with van der Waals surface area (Å²) in [6, 6.07) is 1.99. The van der Waals surface area contributed by atoms with Gasteiger partial charge in [-0.15, -0.1) is 0 Å². The van der Waals surface area contributed by atoms with Crippen LogP contribution in [0.5, 0.6) is 5.88 Å². The minimum atomic E-state index is -3.05. The number of fused-ring (bicyclic) bond motifs is 2. The molecule has 0 saturated carbocycles. The Hall–Kier alpha value is -2.66. The molecule has 2 aromatic rings. The first kappa shape index (κ1) is 18.4. The molecular weight excluding hydrogens is 386 g/mol. The lowest BCUT2D eigenvalue weighted by atomic mass is 10.1. The summed E-state index contributed by atoms with van der Waals surface area (Å²) in [5.41, 5.74) is 7.08. The van der Waals surface area contributed by atoms with E-state index in [1.165, 1.54) is 6.20 Å². The largest absolute Gasteiger partial charge is 0.413 e. The van der Waals surface area contributed by atoms with Crippen LogP contribution in [0, 0.1) is 0 Å². The summed E-state index contributed by atoms with van der Waals surface area (Å²) in [6.07, 6.45) is 4.19. The highest BCUT2D eigenvalue weighted by Crippen LogP contribution is 2.35. The lowest BCUT2D eigenvalue weighted by molar-refractivity contribution is -0.0524. The van der Waals surface area contributed by atoms with Crippen LogP contribution in [0.4, 0.5) is 20.5 Å². The van der Waals surface area contributed by atoms with Crippen LogP contribution >= 0.6 is 0 Å². The van der Waals surface area contributed by atoms with Crippen molar-refractivity contribution < 1.29 is 23.0 Å². The minimum Gasteiger partial charge on any atom is -0.413 e. The number of nitrogens with zero attached hydrogens (tertiary/aromatic N) is 5. The fourth-order valence-corrected chi connectivity index (χ4v) is 4.01. The molecule has 9 nitrogen and oxygen atoms in total. The van der Waals surface area contributed by atoms with Crippen LogP contribution in [0.3, 0.4) is 0 Å². The third-order valence-corrected chi connectivity index (χ3v) is 5.38. The van der Waals surface area contributed by atoms with E-state index in [1.807, 2.05) is 0 Å². The molecule has 3 saturated heterocycles. The molecule has 0 aliphatic carbocycles. The van der Waals surface area contributed by atoms with E-state index in [9.17, 15) is 8.78 Å². The number of ether oxygens (including phenoxy) is 3. The van der Waals surface area contributed by atoms with Gasteiger partial charge in [-0.25, -0.2) is 19.9 Å². The number of hydrogen-bond donors (Lipinski definition) is 1. The van der Waals surface area contributed by atoms with Gasteiger partial charge in [0.25, 0.3) is 5.88 Å². The normalized spacial score (nSPS) is 25.9. The molecule has 0 amide bonds. The molecular formula is C18H20F2N6O3. The molecule has 5 rings (SSSR count). The van der Waals surface area contributed by atoms with Crippen LogP contribution in [0.25, 0.3) is 11.4 Å². The maximum atomic E-state index is 12.7. The van der Waals surface area contributed by atoms with Crippen molar-refractivity contribution in [3.63, 3.8) is 0 Å². The molecule has 0 spiro atoms. The quantitative estimate of drug-likeness (QED) is 0.797. The maximum Gasteiger partial charge on any atom is 0.388 e. The predicted octanol–water partition coefficient (Wildman–Crippen LogP) is 1.95. The number of aromatic nitrogens is 4. The topological polar surface area (TPSA) is 109 Å². The summed E-state index contributed by atoms with van der Waals surface area (Å²) in [5, 5.41) is 0. The summed E-state index contributed by atoms with van der Waals surface area (Å²) in [4.78, 5) is 19.5. The number of halogens is 2. The molecule has 0 radical (unpaired) electrons. The van der Waals surface area contributed by atoms with E-state index in [0.29, 0.717) is 31.4 Å². The van der Waals surface area contributed by atoms with Gasteiger partial charge in [-0.05, 0) is 25.3 Å². The van der Waals surface area contributed by atoms with Gasteiger partial charge in [0, 0.05) is 13.2 Å². The van der Waals surface area contributed by atoms with E-state index in [1.54, 1.807) is 6.07 Å². The van der Waals surface area contributed by atoms with Crippen LogP contribution in [0.1, 0.15) is 31.1 Å². The van der Waals surface area contributed by atoms with Crippen LogP contribution in [-0.4, -0.2) is 58.5 Å². The van der Waals surface area contributed by atoms with Gasteiger partial charge in [0.1, 0.15) is 5.69 Å². The number of hydrogen-bond acceptors (Lipinski definition) is 9. The van der Waals surface area contributed by atoms with E-state index in [-0.39, 0.29) is 29.8 Å². The van der Waals surface area contributed by atoms with Crippen molar-refractivity contribution in [2.75, 3.05) is 30.4 Å². The fourth-order valence-electron chi connectivity index (χ4n) is 4.01. The second kappa shape index (κ2) is 7.30. The summed E-state index contributed by atoms with van der Waals surface area (Å²) >= 11 is 0. The molecule has 0 aromatic carbocycles. The smallest absolute Gasteiger partial charge is 0.388 e. The number of morpholine rings is 1. The lowest BCUT2D eigenvalue weighted by Gasteiger charge is -2.27. The Kier molecular flexibility index (Phi) is 4.63. The Morgan fingerprint density at radius 1 is 1.21 bits per heavy atom. The molecule has 0 unspecified atom stereocenters. The number of nitrogens with two attached hydrogens (primary N) is 1. The lowest BCUT2D eigenvalue weighted by Crippen LogP contribution is -2.38. The van der Waals surface area contributed by atoms with Crippen molar-refractivity contribution in [1.82, 2.24) is 19.9 Å². The van der Waals surface area contributed by atoms with Crippen molar-refractivity contribution >= 4 is 11.8 Å². The van der Waals surface area contributed by atoms with Crippen LogP contribution in [0.15, 0.2) is 12.3 Å². The van der Waals surface area contributed by atoms with Gasteiger partial charge in [-0.1, -0.05) is 0 Å². The van der Waals surface area contributed by atoms with Crippen LogP contribution < -0.4 is 15.4 Å². The highest BCUT2D eigenvalue weighted by molar-refractivity contribution is 5.59. The molecule has 2 bridgehead atoms. The molecule has 3 aliphatic rings. The summed E-state index contributed by atoms with van der Waals surface area (Å²) in [5.74, 6) is -0.0830. The SMILES string of the molecule is Nc1ncc(-c2cc([C@H]3CCCO3)nc(N3C[C@@H]4C[C@H]3CO4)n2)nc1OC(F)F. The van der Waals surface area contributed by atoms with Gasteiger partial charge in [-0.2, -0.15) is 8.78 Å². The monoisotopic (exact) mass is 406 g/mol. The van der Waals surface area contributed by atoms with Crippen molar-refractivity contribution in [3.8, 4) is 17.3 Å². The summed E-state index contributed by atoms with van der Waals surface area (Å²) in [7, 11) is 0. The molecule has 2 aromatic heterocycles. The first-order valence-electron chi connectivity index (χ1n) is 9.53. The van der Waals surface area contributed by atoms with Crippen LogP contribution in [-0.2, 0) is 9.47 Å². The maximum absolute atomic E-state index is 12.7. The Morgan fingerprint density at radius 2 is 2.10 bits per heavy atom. The first-order valence-corrected chi connectivity index (χ1v) is 9.53. The molecule has 3 aliphatic heterocycles. The highest BCUT2D eigenvalue weighted by Gasteiger charge is 2.40. The van der Waals surface area contributed by atoms with Gasteiger partial charge >= 0.3 is 6.61 Å². The van der Waals surface area contributed by atoms with E-state index >= 15 is 0 Å². The van der Waals surface area contributed by atoms with E-state index in [4.69, 9.17) is 20.2 Å². The van der Waals surface area contributed by atoms with Gasteiger partial charge in [0.15, 0.2) is 5.82 Å². The Bertz CT molecular complexity index is 911. The number of rotatable bonds is 5. The standard InChI is InChI=1S/C18H20F2N6O3/c19-17(20)29-16-15(21)22-6-13(23-16)11-5-12(14-2-1-3-27-14)25-18(24-11)26-7-10-4-9(26)8-28-10/h5-6,9-10,14,17H,1-4,7-8H2,(H2,21,22)/t9-,10-,14+/m0/s1. The van der Waals surface area contributed by atoms with Crippen molar-refractivity contribution in [1.29, 1.82) is 0 Å². The van der Waals surface area contributed by atoms with Gasteiger partial charge in [0.05, 0.1) is 42.4 Å². The summed E-state index contributed by atoms with van der Waals surface area (Å²) < 4.78 is 41.1. The minimum absolute atomic E-state index is 0.134. The van der Waals surface area contributed by atoms with Crippen molar-refractivity contribution in [2.45, 2.75) is 44.1 Å². The third-order valence-electron chi connectivity index (χ3n) is 5.38. The first-order chi connectivity index (χ1) is 14.1. The average Bonchev–Trinajstić information content (AvgIpc) is 3.47. The van der Waals surface area contributed by atoms with Gasteiger partial charge < -0.3 is 24.8 Å². The Morgan fingerprint density at radius 3 is 2.79 bits per heavy atom. The molecule has 3 fully saturated rings. The van der Waals surface area contributed by atoms with Crippen molar-refractivity contribution in [2.24, 2.45) is 0 Å². The zero-order chi connectivity index (χ0) is 20.0. The molecule has 5 heterocycles. The summed E-state index contributed by atoms with van der Waals surface area (Å²) in [6.45, 7) is -1.02. The predicted molar refractivity (Wildman–Crippen MR) is 97.5 cm³/mol. The number of nitrogen functional groups attached to an aromatic ring is 1. The van der Waals surface area contributed by atoms with E-state index in [0.717, 1.165) is 25.0 Å². The fraction of sp³-hybridized carbons (Fsp3) is 0.556. The molecule has 11 heteroatoms. The van der Waals surface area contributed by atoms with E-state index in [2.05, 4.69) is 24.6 Å². The van der Waals surface area contributed by atoms with Gasteiger partial charge in [0.2, 0.25) is 5.95 Å². The van der Waals surface area contributed by atoms with E-state index < -0.39 is 12.5 Å². The highest BCUT2D eigenvalue weighted by atomic mass is 19.3. The molecule has 29 heavy (non-hydrogen) atoms. The molecule has 154 valence electrons. The average molecular weight is 406 g/mol. The Labute approximate surface area is 165 Å². The second-order valence-electron chi connectivity index (χ2n) is 7.30. The Balaban J connectivity index is 1.55. The zero-order valence-corrected chi connectivity index (χ0v) is 15.5. The van der Waals surface area contributed by atoms with Gasteiger partial charge in [-0.3, -0.25) is 0 Å². The van der Waals surface area contributed by atoms with Crippen LogP contribution in [0.2, 0.25) is 0 Å². The number of alkyl halides is 2. The number of anilines is 2. The van der Waals surface area contributed by atoms with Crippen molar-refractivity contribution in [3.05, 3.63) is 18.0 Å². The molecule has 3 atom stereocenters. The zero-order valence-electron chi connectivity index (χ0n) is 15.5.